The van der Waals surface area contributed by atoms with E-state index in [9.17, 15) is 9.59 Å². The lowest BCUT2D eigenvalue weighted by Crippen LogP contribution is -2.51. The van der Waals surface area contributed by atoms with Crippen LogP contribution >= 0.6 is 12.4 Å². The van der Waals surface area contributed by atoms with E-state index in [-0.39, 0.29) is 24.3 Å². The molecule has 3 rings (SSSR count). The smallest absolute Gasteiger partial charge is 0.339 e. The fourth-order valence-electron chi connectivity index (χ4n) is 3.39. The van der Waals surface area contributed by atoms with E-state index < -0.39 is 0 Å². The molecule has 0 radical (unpaired) electrons. The second-order valence-corrected chi connectivity index (χ2v) is 6.46. The van der Waals surface area contributed by atoms with Crippen molar-refractivity contribution < 1.29 is 14.3 Å². The van der Waals surface area contributed by atoms with Gasteiger partial charge in [0.05, 0.1) is 12.2 Å². The first-order valence-corrected chi connectivity index (χ1v) is 9.06. The Balaban J connectivity index is 0.00000243. The summed E-state index contributed by atoms with van der Waals surface area (Å²) in [5.74, 6) is 0.961. The number of amides is 1. The van der Waals surface area contributed by atoms with Crippen molar-refractivity contribution in [1.82, 2.24) is 15.2 Å². The summed E-state index contributed by atoms with van der Waals surface area (Å²) >= 11 is 0. The third-order valence-corrected chi connectivity index (χ3v) is 4.86. The highest BCUT2D eigenvalue weighted by atomic mass is 35.5. The molecule has 0 aromatic carbocycles. The molecule has 1 aromatic rings. The van der Waals surface area contributed by atoms with Gasteiger partial charge in [0, 0.05) is 38.3 Å². The predicted octanol–water partition coefficient (Wildman–Crippen LogP) is 1.33. The van der Waals surface area contributed by atoms with Crippen LogP contribution in [-0.4, -0.2) is 67.6 Å². The van der Waals surface area contributed by atoms with Gasteiger partial charge in [0.2, 0.25) is 5.91 Å². The number of rotatable bonds is 4. The number of anilines is 1. The molecule has 144 valence electrons. The molecule has 0 atom stereocenters. The maximum absolute atomic E-state index is 12.6. The van der Waals surface area contributed by atoms with Crippen molar-refractivity contribution in [2.24, 2.45) is 5.92 Å². The van der Waals surface area contributed by atoms with E-state index in [1.165, 1.54) is 0 Å². The molecule has 26 heavy (non-hydrogen) atoms. The maximum Gasteiger partial charge on any atom is 0.339 e. The number of ether oxygens (including phenoxy) is 1. The minimum atomic E-state index is -0.348. The fraction of sp³-hybridized carbons (Fsp3) is 0.611. The van der Waals surface area contributed by atoms with Crippen molar-refractivity contribution in [3.05, 3.63) is 23.9 Å². The molecule has 1 aromatic heterocycles. The van der Waals surface area contributed by atoms with Crippen molar-refractivity contribution in [3.8, 4) is 0 Å². The van der Waals surface area contributed by atoms with Gasteiger partial charge in [-0.2, -0.15) is 0 Å². The first-order valence-electron chi connectivity index (χ1n) is 9.06. The van der Waals surface area contributed by atoms with E-state index in [4.69, 9.17) is 4.74 Å². The summed E-state index contributed by atoms with van der Waals surface area (Å²) in [4.78, 5) is 32.8. The number of aromatic nitrogens is 1. The summed E-state index contributed by atoms with van der Waals surface area (Å²) in [5, 5.41) is 3.30. The normalized spacial score (nSPS) is 18.2. The molecule has 2 saturated heterocycles. The van der Waals surface area contributed by atoms with Crippen LogP contribution in [0.5, 0.6) is 0 Å². The number of piperidine rings is 1. The van der Waals surface area contributed by atoms with E-state index in [0.29, 0.717) is 18.1 Å². The van der Waals surface area contributed by atoms with Crippen LogP contribution in [0.4, 0.5) is 5.82 Å². The monoisotopic (exact) mass is 382 g/mol. The van der Waals surface area contributed by atoms with Crippen LogP contribution in [0.3, 0.4) is 0 Å². The maximum atomic E-state index is 12.6. The Labute approximate surface area is 160 Å². The van der Waals surface area contributed by atoms with Gasteiger partial charge in [0.1, 0.15) is 5.82 Å². The van der Waals surface area contributed by atoms with Crippen molar-refractivity contribution >= 4 is 30.1 Å². The van der Waals surface area contributed by atoms with Gasteiger partial charge >= 0.3 is 5.97 Å². The topological polar surface area (TPSA) is 74.8 Å². The van der Waals surface area contributed by atoms with Gasteiger partial charge in [-0.3, -0.25) is 4.79 Å². The lowest BCUT2D eigenvalue weighted by atomic mass is 9.96. The Kier molecular flexibility index (Phi) is 7.66. The van der Waals surface area contributed by atoms with E-state index in [1.54, 1.807) is 19.2 Å². The summed E-state index contributed by atoms with van der Waals surface area (Å²) < 4.78 is 4.97. The van der Waals surface area contributed by atoms with Gasteiger partial charge in [-0.05, 0) is 45.0 Å². The van der Waals surface area contributed by atoms with Crippen LogP contribution < -0.4 is 10.2 Å². The first kappa shape index (κ1) is 20.5. The zero-order chi connectivity index (χ0) is 17.6. The number of nitrogens with zero attached hydrogens (tertiary/aromatic N) is 3. The zero-order valence-electron chi connectivity index (χ0n) is 15.1. The molecule has 0 bridgehead atoms. The van der Waals surface area contributed by atoms with Gasteiger partial charge in [0.15, 0.2) is 0 Å². The van der Waals surface area contributed by atoms with E-state index in [2.05, 4.69) is 15.2 Å². The van der Waals surface area contributed by atoms with Gasteiger partial charge in [-0.1, -0.05) is 0 Å². The SMILES string of the molecule is CCOC(=O)c1ccc(N2CCN(C(=O)C3CCNCC3)CC2)nc1.Cl. The molecule has 2 fully saturated rings. The third kappa shape index (κ3) is 4.86. The van der Waals surface area contributed by atoms with Crippen LogP contribution in [0.15, 0.2) is 18.3 Å². The summed E-state index contributed by atoms with van der Waals surface area (Å²) in [7, 11) is 0. The number of esters is 1. The van der Waals surface area contributed by atoms with Crippen molar-refractivity contribution in [2.75, 3.05) is 50.8 Å². The summed E-state index contributed by atoms with van der Waals surface area (Å²) in [6.07, 6.45) is 3.44. The Bertz CT molecular complexity index is 597. The van der Waals surface area contributed by atoms with E-state index in [0.717, 1.165) is 57.9 Å². The molecule has 2 aliphatic rings. The van der Waals surface area contributed by atoms with Crippen molar-refractivity contribution in [2.45, 2.75) is 19.8 Å². The van der Waals surface area contributed by atoms with Crippen molar-refractivity contribution in [3.63, 3.8) is 0 Å². The Morgan fingerprint density at radius 2 is 1.88 bits per heavy atom. The number of piperazine rings is 1. The summed E-state index contributed by atoms with van der Waals surface area (Å²) in [6.45, 7) is 7.00. The number of hydrogen-bond donors (Lipinski definition) is 1. The van der Waals surface area contributed by atoms with E-state index >= 15 is 0 Å². The molecule has 0 unspecified atom stereocenters. The van der Waals surface area contributed by atoms with Gasteiger partial charge in [-0.25, -0.2) is 9.78 Å². The molecule has 2 aliphatic heterocycles. The first-order chi connectivity index (χ1) is 12.2. The molecule has 8 heteroatoms. The number of carbonyl (C=O) groups is 2. The average molecular weight is 383 g/mol. The number of carbonyl (C=O) groups excluding carboxylic acids is 2. The highest BCUT2D eigenvalue weighted by Crippen LogP contribution is 2.19. The van der Waals surface area contributed by atoms with Crippen LogP contribution in [0.1, 0.15) is 30.1 Å². The predicted molar refractivity (Wildman–Crippen MR) is 102 cm³/mol. The van der Waals surface area contributed by atoms with Gasteiger partial charge < -0.3 is 19.9 Å². The highest BCUT2D eigenvalue weighted by Gasteiger charge is 2.28. The number of pyridine rings is 1. The van der Waals surface area contributed by atoms with Crippen LogP contribution in [0.25, 0.3) is 0 Å². The Hall–Kier alpha value is -1.86. The second kappa shape index (κ2) is 9.73. The molecule has 1 N–H and O–H groups in total. The molecular formula is C18H27ClN4O3. The molecule has 1 amide bonds. The van der Waals surface area contributed by atoms with Crippen LogP contribution in [0.2, 0.25) is 0 Å². The van der Waals surface area contributed by atoms with Crippen molar-refractivity contribution in [1.29, 1.82) is 0 Å². The third-order valence-electron chi connectivity index (χ3n) is 4.86. The molecule has 3 heterocycles. The minimum absolute atomic E-state index is 0. The molecule has 0 aliphatic carbocycles. The Morgan fingerprint density at radius 1 is 1.19 bits per heavy atom. The Morgan fingerprint density at radius 3 is 2.46 bits per heavy atom. The lowest BCUT2D eigenvalue weighted by molar-refractivity contribution is -0.136. The molecule has 7 nitrogen and oxygen atoms in total. The average Bonchev–Trinajstić information content (AvgIpc) is 2.68. The lowest BCUT2D eigenvalue weighted by Gasteiger charge is -2.37. The van der Waals surface area contributed by atoms with Crippen LogP contribution in [-0.2, 0) is 9.53 Å². The molecule has 0 spiro atoms. The summed E-state index contributed by atoms with van der Waals surface area (Å²) in [6, 6.07) is 3.59. The number of hydrogen-bond acceptors (Lipinski definition) is 6. The van der Waals surface area contributed by atoms with E-state index in [1.807, 2.05) is 11.0 Å². The quantitative estimate of drug-likeness (QED) is 0.792. The van der Waals surface area contributed by atoms with Gasteiger partial charge in [0.25, 0.3) is 0 Å². The number of nitrogens with one attached hydrogen (secondary N) is 1. The largest absolute Gasteiger partial charge is 0.462 e. The van der Waals surface area contributed by atoms with Gasteiger partial charge in [-0.15, -0.1) is 12.4 Å². The highest BCUT2D eigenvalue weighted by molar-refractivity contribution is 5.89. The minimum Gasteiger partial charge on any atom is -0.462 e. The molecular weight excluding hydrogens is 356 g/mol. The zero-order valence-corrected chi connectivity index (χ0v) is 16.0. The standard InChI is InChI=1S/C18H26N4O3.ClH/c1-2-25-18(24)15-3-4-16(20-13-15)21-9-11-22(12-10-21)17(23)14-5-7-19-8-6-14;/h3-4,13-14,19H,2,5-12H2,1H3;1H. The molecule has 0 saturated carbocycles. The number of halogens is 1. The summed E-state index contributed by atoms with van der Waals surface area (Å²) in [5.41, 5.74) is 0.463. The fourth-order valence-corrected chi connectivity index (χ4v) is 3.39. The van der Waals surface area contributed by atoms with Crippen LogP contribution in [0, 0.1) is 5.92 Å². The second-order valence-electron chi connectivity index (χ2n) is 6.46.